The van der Waals surface area contributed by atoms with Gasteiger partial charge in [-0.1, -0.05) is 6.92 Å². The Hall–Kier alpha value is -0.170. The van der Waals surface area contributed by atoms with Crippen molar-refractivity contribution in [3.63, 3.8) is 0 Å². The number of morpholine rings is 1. The SMILES string of the molecule is CCNS(=O)(=O)N1CC(C)OCC1(C)C. The minimum atomic E-state index is -3.37. The molecule has 1 unspecified atom stereocenters. The van der Waals surface area contributed by atoms with E-state index in [1.54, 1.807) is 6.92 Å². The number of ether oxygens (including phenoxy) is 1. The fourth-order valence-electron chi connectivity index (χ4n) is 1.64. The molecule has 6 heteroatoms. The predicted molar refractivity (Wildman–Crippen MR) is 58.8 cm³/mol. The van der Waals surface area contributed by atoms with E-state index in [1.165, 1.54) is 4.31 Å². The van der Waals surface area contributed by atoms with Crippen LogP contribution in [0.25, 0.3) is 0 Å². The number of hydrogen-bond donors (Lipinski definition) is 1. The zero-order chi connectivity index (χ0) is 11.7. The smallest absolute Gasteiger partial charge is 0.280 e. The molecule has 1 atom stereocenters. The van der Waals surface area contributed by atoms with E-state index >= 15 is 0 Å². The minimum absolute atomic E-state index is 0.0496. The Kier molecular flexibility index (Phi) is 3.76. The molecule has 0 saturated carbocycles. The average molecular weight is 236 g/mol. The van der Waals surface area contributed by atoms with E-state index in [-0.39, 0.29) is 6.10 Å². The summed E-state index contributed by atoms with van der Waals surface area (Å²) < 4.78 is 33.3. The van der Waals surface area contributed by atoms with E-state index < -0.39 is 15.7 Å². The Morgan fingerprint density at radius 3 is 2.67 bits per heavy atom. The number of rotatable bonds is 3. The van der Waals surface area contributed by atoms with Crippen molar-refractivity contribution in [3.8, 4) is 0 Å². The third-order valence-corrected chi connectivity index (χ3v) is 4.31. The van der Waals surface area contributed by atoms with Crippen molar-refractivity contribution in [1.82, 2.24) is 9.03 Å². The number of hydrogen-bond acceptors (Lipinski definition) is 3. The maximum absolute atomic E-state index is 11.9. The molecule has 0 aromatic carbocycles. The molecule has 0 aromatic heterocycles. The van der Waals surface area contributed by atoms with Crippen molar-refractivity contribution in [2.75, 3.05) is 19.7 Å². The summed E-state index contributed by atoms with van der Waals surface area (Å²) in [5.41, 5.74) is -0.479. The van der Waals surface area contributed by atoms with Gasteiger partial charge in [0.05, 0.1) is 18.2 Å². The van der Waals surface area contributed by atoms with Crippen LogP contribution in [0.2, 0.25) is 0 Å². The molecule has 1 fully saturated rings. The lowest BCUT2D eigenvalue weighted by atomic mass is 10.1. The first-order chi connectivity index (χ1) is 6.79. The van der Waals surface area contributed by atoms with Crippen LogP contribution in [0.5, 0.6) is 0 Å². The molecule has 1 N–H and O–H groups in total. The monoisotopic (exact) mass is 236 g/mol. The Morgan fingerprint density at radius 1 is 1.53 bits per heavy atom. The van der Waals surface area contributed by atoms with Gasteiger partial charge >= 0.3 is 0 Å². The topological polar surface area (TPSA) is 58.6 Å². The summed E-state index contributed by atoms with van der Waals surface area (Å²) in [5, 5.41) is 0. The van der Waals surface area contributed by atoms with Gasteiger partial charge in [-0.3, -0.25) is 0 Å². The molecule has 1 aliphatic heterocycles. The van der Waals surface area contributed by atoms with Gasteiger partial charge in [0, 0.05) is 13.1 Å². The van der Waals surface area contributed by atoms with Gasteiger partial charge in [-0.05, 0) is 20.8 Å². The summed E-state index contributed by atoms with van der Waals surface area (Å²) in [6, 6.07) is 0. The van der Waals surface area contributed by atoms with Gasteiger partial charge in [-0.2, -0.15) is 12.7 Å². The molecule has 0 spiro atoms. The molecule has 1 aliphatic rings. The van der Waals surface area contributed by atoms with Crippen LogP contribution >= 0.6 is 0 Å². The highest BCUT2D eigenvalue weighted by molar-refractivity contribution is 7.87. The van der Waals surface area contributed by atoms with Crippen LogP contribution < -0.4 is 4.72 Å². The first kappa shape index (κ1) is 12.9. The highest BCUT2D eigenvalue weighted by Crippen LogP contribution is 2.24. The molecule has 5 nitrogen and oxygen atoms in total. The molecule has 90 valence electrons. The number of nitrogens with zero attached hydrogens (tertiary/aromatic N) is 1. The maximum atomic E-state index is 11.9. The molecule has 1 heterocycles. The summed E-state index contributed by atoms with van der Waals surface area (Å²) in [7, 11) is -3.37. The Morgan fingerprint density at radius 2 is 2.13 bits per heavy atom. The van der Waals surface area contributed by atoms with Gasteiger partial charge in [-0.25, -0.2) is 4.72 Å². The summed E-state index contributed by atoms with van der Waals surface area (Å²) in [6.45, 7) is 8.63. The van der Waals surface area contributed by atoms with Gasteiger partial charge < -0.3 is 4.74 Å². The Balaban J connectivity index is 2.90. The van der Waals surface area contributed by atoms with Crippen molar-refractivity contribution >= 4 is 10.2 Å². The lowest BCUT2D eigenvalue weighted by Gasteiger charge is -2.43. The van der Waals surface area contributed by atoms with Crippen molar-refractivity contribution in [1.29, 1.82) is 0 Å². The van der Waals surface area contributed by atoms with Gasteiger partial charge in [-0.15, -0.1) is 0 Å². The van der Waals surface area contributed by atoms with E-state index in [2.05, 4.69) is 4.72 Å². The molecule has 0 aromatic rings. The standard InChI is InChI=1S/C9H20N2O3S/c1-5-10-15(12,13)11-6-8(2)14-7-9(11,3)4/h8,10H,5-7H2,1-4H3. The Bertz CT molecular complexity index is 313. The first-order valence-corrected chi connectivity index (χ1v) is 6.62. The van der Waals surface area contributed by atoms with Gasteiger partial charge in [0.25, 0.3) is 10.2 Å². The lowest BCUT2D eigenvalue weighted by Crippen LogP contribution is -2.60. The highest BCUT2D eigenvalue weighted by atomic mass is 32.2. The Labute approximate surface area is 92.0 Å². The second kappa shape index (κ2) is 4.37. The number of nitrogens with one attached hydrogen (secondary N) is 1. The van der Waals surface area contributed by atoms with E-state index in [0.717, 1.165) is 0 Å². The van der Waals surface area contributed by atoms with E-state index in [1.807, 2.05) is 20.8 Å². The van der Waals surface area contributed by atoms with Crippen LogP contribution in [0.4, 0.5) is 0 Å². The van der Waals surface area contributed by atoms with Crippen molar-refractivity contribution in [2.24, 2.45) is 0 Å². The molecule has 15 heavy (non-hydrogen) atoms. The van der Waals surface area contributed by atoms with Gasteiger partial charge in [0.2, 0.25) is 0 Å². The van der Waals surface area contributed by atoms with Crippen LogP contribution in [0, 0.1) is 0 Å². The van der Waals surface area contributed by atoms with Crippen LogP contribution in [0.15, 0.2) is 0 Å². The van der Waals surface area contributed by atoms with E-state index in [4.69, 9.17) is 4.74 Å². The second-order valence-corrected chi connectivity index (χ2v) is 6.15. The van der Waals surface area contributed by atoms with Crippen LogP contribution in [0.3, 0.4) is 0 Å². The first-order valence-electron chi connectivity index (χ1n) is 5.18. The minimum Gasteiger partial charge on any atom is -0.375 e. The molecule has 0 radical (unpaired) electrons. The third kappa shape index (κ3) is 2.90. The normalized spacial score (nSPS) is 27.9. The summed E-state index contributed by atoms with van der Waals surface area (Å²) in [4.78, 5) is 0. The van der Waals surface area contributed by atoms with Gasteiger partial charge in [0.1, 0.15) is 0 Å². The average Bonchev–Trinajstić information content (AvgIpc) is 2.09. The van der Waals surface area contributed by atoms with Crippen LogP contribution in [0.1, 0.15) is 27.7 Å². The molecule has 0 amide bonds. The summed E-state index contributed by atoms with van der Waals surface area (Å²) in [5.74, 6) is 0. The van der Waals surface area contributed by atoms with Crippen molar-refractivity contribution in [2.45, 2.75) is 39.3 Å². The maximum Gasteiger partial charge on any atom is 0.280 e. The molecule has 0 bridgehead atoms. The lowest BCUT2D eigenvalue weighted by molar-refractivity contribution is -0.0555. The summed E-state index contributed by atoms with van der Waals surface area (Å²) >= 11 is 0. The van der Waals surface area contributed by atoms with Crippen molar-refractivity contribution < 1.29 is 13.2 Å². The van der Waals surface area contributed by atoms with Gasteiger partial charge in [0.15, 0.2) is 0 Å². The molecule has 0 aliphatic carbocycles. The van der Waals surface area contributed by atoms with Crippen LogP contribution in [-0.4, -0.2) is 44.1 Å². The zero-order valence-electron chi connectivity index (χ0n) is 9.78. The van der Waals surface area contributed by atoms with E-state index in [0.29, 0.717) is 19.7 Å². The van der Waals surface area contributed by atoms with Crippen molar-refractivity contribution in [3.05, 3.63) is 0 Å². The molecular weight excluding hydrogens is 216 g/mol. The summed E-state index contributed by atoms with van der Waals surface area (Å²) in [6.07, 6.45) is -0.0496. The third-order valence-electron chi connectivity index (χ3n) is 2.44. The largest absolute Gasteiger partial charge is 0.375 e. The van der Waals surface area contributed by atoms with E-state index in [9.17, 15) is 8.42 Å². The predicted octanol–water partition coefficient (Wildman–Crippen LogP) is 0.340. The second-order valence-electron chi connectivity index (χ2n) is 4.47. The van der Waals surface area contributed by atoms with Crippen LogP contribution in [-0.2, 0) is 14.9 Å². The highest BCUT2D eigenvalue weighted by Gasteiger charge is 2.40. The molecule has 1 rings (SSSR count). The fraction of sp³-hybridized carbons (Fsp3) is 1.00. The molecular formula is C9H20N2O3S. The molecule has 1 saturated heterocycles. The quantitative estimate of drug-likeness (QED) is 0.768. The zero-order valence-corrected chi connectivity index (χ0v) is 10.6. The fourth-order valence-corrected chi connectivity index (χ4v) is 3.27.